The van der Waals surface area contributed by atoms with Crippen LogP contribution < -0.4 is 27.0 Å². The van der Waals surface area contributed by atoms with E-state index in [2.05, 4.69) is 21.3 Å². The molecule has 4 unspecified atom stereocenters. The van der Waals surface area contributed by atoms with Crippen molar-refractivity contribution in [2.24, 2.45) is 5.73 Å². The lowest BCUT2D eigenvalue weighted by atomic mass is 10.0. The largest absolute Gasteiger partial charge is 0.481 e. The first kappa shape index (κ1) is 29.2. The van der Waals surface area contributed by atoms with Gasteiger partial charge in [0, 0.05) is 19.3 Å². The van der Waals surface area contributed by atoms with Crippen LogP contribution >= 0.6 is 0 Å². The molecule has 4 atom stereocenters. The third kappa shape index (κ3) is 10.3. The molecule has 37 heavy (non-hydrogen) atoms. The molecule has 0 saturated carbocycles. The van der Waals surface area contributed by atoms with Crippen molar-refractivity contribution in [2.75, 3.05) is 6.54 Å². The molecule has 1 aromatic rings. The van der Waals surface area contributed by atoms with E-state index in [1.165, 1.54) is 0 Å². The van der Waals surface area contributed by atoms with Crippen molar-refractivity contribution < 1.29 is 39.0 Å². The number of hydrogen-bond donors (Lipinski definition) is 7. The minimum absolute atomic E-state index is 0.117. The van der Waals surface area contributed by atoms with E-state index >= 15 is 0 Å². The molecule has 202 valence electrons. The van der Waals surface area contributed by atoms with Crippen molar-refractivity contribution in [3.05, 3.63) is 35.9 Å². The van der Waals surface area contributed by atoms with Crippen LogP contribution in [-0.2, 0) is 35.2 Å². The van der Waals surface area contributed by atoms with Crippen molar-refractivity contribution in [1.29, 1.82) is 0 Å². The molecule has 1 aliphatic rings. The lowest BCUT2D eigenvalue weighted by Crippen LogP contribution is -2.57. The average Bonchev–Trinajstić information content (AvgIpc) is 3.39. The van der Waals surface area contributed by atoms with Crippen molar-refractivity contribution in [3.8, 4) is 0 Å². The fourth-order valence-corrected chi connectivity index (χ4v) is 3.86. The number of carboxylic acids is 2. The van der Waals surface area contributed by atoms with Crippen LogP contribution in [-0.4, -0.2) is 76.5 Å². The van der Waals surface area contributed by atoms with E-state index in [4.69, 9.17) is 10.8 Å². The number of nitrogens with one attached hydrogen (secondary N) is 4. The molecule has 0 aromatic heterocycles. The van der Waals surface area contributed by atoms with Gasteiger partial charge in [0.15, 0.2) is 0 Å². The molecule has 4 amide bonds. The van der Waals surface area contributed by atoms with Crippen LogP contribution in [0.25, 0.3) is 0 Å². The Morgan fingerprint density at radius 2 is 1.51 bits per heavy atom. The SMILES string of the molecule is NC(=O)CCC(NC(=O)C(Cc1ccccc1)NC(=O)C1CCCN1)C(=O)NC(CCC(=O)O)C(=O)O. The molecule has 1 fully saturated rings. The maximum Gasteiger partial charge on any atom is 0.326 e. The van der Waals surface area contributed by atoms with E-state index in [1.54, 1.807) is 30.3 Å². The Morgan fingerprint density at radius 3 is 2.08 bits per heavy atom. The summed E-state index contributed by atoms with van der Waals surface area (Å²) in [5.74, 6) is -5.43. The highest BCUT2D eigenvalue weighted by Crippen LogP contribution is 2.09. The number of nitrogens with two attached hydrogens (primary N) is 1. The Balaban J connectivity index is 2.18. The van der Waals surface area contributed by atoms with Gasteiger partial charge in [0.2, 0.25) is 23.6 Å². The molecule has 1 aromatic carbocycles. The highest BCUT2D eigenvalue weighted by atomic mass is 16.4. The number of rotatable bonds is 15. The van der Waals surface area contributed by atoms with E-state index in [9.17, 15) is 33.9 Å². The number of carbonyl (C=O) groups is 6. The van der Waals surface area contributed by atoms with Crippen molar-refractivity contribution in [1.82, 2.24) is 21.3 Å². The van der Waals surface area contributed by atoms with Crippen LogP contribution in [0.2, 0.25) is 0 Å². The summed E-state index contributed by atoms with van der Waals surface area (Å²) in [6, 6.07) is 4.50. The van der Waals surface area contributed by atoms with E-state index in [0.29, 0.717) is 13.0 Å². The van der Waals surface area contributed by atoms with Crippen molar-refractivity contribution >= 4 is 35.6 Å². The van der Waals surface area contributed by atoms with E-state index < -0.39 is 60.2 Å². The second-order valence-corrected chi connectivity index (χ2v) is 8.80. The maximum atomic E-state index is 13.3. The molecule has 0 radical (unpaired) electrons. The number of amides is 4. The minimum Gasteiger partial charge on any atom is -0.481 e. The molecule has 0 spiro atoms. The lowest BCUT2D eigenvalue weighted by Gasteiger charge is -2.25. The predicted molar refractivity (Wildman–Crippen MR) is 130 cm³/mol. The highest BCUT2D eigenvalue weighted by molar-refractivity contribution is 5.94. The summed E-state index contributed by atoms with van der Waals surface area (Å²) in [6.45, 7) is 0.676. The van der Waals surface area contributed by atoms with Gasteiger partial charge in [-0.15, -0.1) is 0 Å². The topological polar surface area (TPSA) is 217 Å². The van der Waals surface area contributed by atoms with Gasteiger partial charge in [0.25, 0.3) is 0 Å². The second-order valence-electron chi connectivity index (χ2n) is 8.80. The summed E-state index contributed by atoms with van der Waals surface area (Å²) in [7, 11) is 0. The van der Waals surface area contributed by atoms with Gasteiger partial charge in [-0.2, -0.15) is 0 Å². The highest BCUT2D eigenvalue weighted by Gasteiger charge is 2.32. The van der Waals surface area contributed by atoms with Crippen molar-refractivity contribution in [3.63, 3.8) is 0 Å². The summed E-state index contributed by atoms with van der Waals surface area (Å²) in [4.78, 5) is 72.5. The molecule has 13 nitrogen and oxygen atoms in total. The zero-order valence-electron chi connectivity index (χ0n) is 20.3. The fraction of sp³-hybridized carbons (Fsp3) is 0.500. The first-order valence-electron chi connectivity index (χ1n) is 12.0. The zero-order valence-corrected chi connectivity index (χ0v) is 20.3. The zero-order chi connectivity index (χ0) is 27.4. The Labute approximate surface area is 213 Å². The smallest absolute Gasteiger partial charge is 0.326 e. The van der Waals surface area contributed by atoms with Gasteiger partial charge in [-0.25, -0.2) is 4.79 Å². The molecule has 1 heterocycles. The van der Waals surface area contributed by atoms with Crippen LogP contribution in [0, 0.1) is 0 Å². The van der Waals surface area contributed by atoms with Crippen molar-refractivity contribution in [2.45, 2.75) is 69.1 Å². The van der Waals surface area contributed by atoms with Crippen LogP contribution in [0.5, 0.6) is 0 Å². The Morgan fingerprint density at radius 1 is 0.892 bits per heavy atom. The van der Waals surface area contributed by atoms with Gasteiger partial charge in [-0.3, -0.25) is 24.0 Å². The number of carbonyl (C=O) groups excluding carboxylic acids is 4. The van der Waals surface area contributed by atoms with Gasteiger partial charge >= 0.3 is 11.9 Å². The molecule has 8 N–H and O–H groups in total. The Bertz CT molecular complexity index is 981. The normalized spacial score (nSPS) is 17.1. The number of benzene rings is 1. The summed E-state index contributed by atoms with van der Waals surface area (Å²) >= 11 is 0. The monoisotopic (exact) mass is 519 g/mol. The average molecular weight is 520 g/mol. The summed E-state index contributed by atoms with van der Waals surface area (Å²) in [5, 5.41) is 28.6. The van der Waals surface area contributed by atoms with E-state index in [1.807, 2.05) is 0 Å². The number of carboxylic acid groups (broad SMARTS) is 2. The van der Waals surface area contributed by atoms with E-state index in [0.717, 1.165) is 12.0 Å². The quantitative estimate of drug-likeness (QED) is 0.145. The fourth-order valence-electron chi connectivity index (χ4n) is 3.86. The van der Waals surface area contributed by atoms with Gasteiger partial charge in [0.05, 0.1) is 6.04 Å². The van der Waals surface area contributed by atoms with Crippen LogP contribution in [0.3, 0.4) is 0 Å². The number of primary amides is 1. The molecular weight excluding hydrogens is 486 g/mol. The third-order valence-electron chi connectivity index (χ3n) is 5.87. The van der Waals surface area contributed by atoms with Gasteiger partial charge in [-0.05, 0) is 37.8 Å². The Hall–Kier alpha value is -4.00. The first-order valence-corrected chi connectivity index (χ1v) is 12.0. The van der Waals surface area contributed by atoms with Gasteiger partial charge < -0.3 is 37.2 Å². The molecule has 1 saturated heterocycles. The summed E-state index contributed by atoms with van der Waals surface area (Å²) in [6.07, 6.45) is 0.147. The van der Waals surface area contributed by atoms with E-state index in [-0.39, 0.29) is 31.6 Å². The Kier molecular flexibility index (Phi) is 11.5. The molecular formula is C24H33N5O8. The first-order chi connectivity index (χ1) is 17.6. The van der Waals surface area contributed by atoms with Crippen LogP contribution in [0.4, 0.5) is 0 Å². The molecule has 0 bridgehead atoms. The van der Waals surface area contributed by atoms with Crippen LogP contribution in [0.1, 0.15) is 44.1 Å². The van der Waals surface area contributed by atoms with Gasteiger partial charge in [-0.1, -0.05) is 30.3 Å². The molecule has 13 heteroatoms. The summed E-state index contributed by atoms with van der Waals surface area (Å²) < 4.78 is 0. The summed E-state index contributed by atoms with van der Waals surface area (Å²) in [5.41, 5.74) is 5.94. The lowest BCUT2D eigenvalue weighted by molar-refractivity contribution is -0.143. The molecule has 1 aliphatic heterocycles. The number of aliphatic carboxylic acids is 2. The van der Waals surface area contributed by atoms with Gasteiger partial charge in [0.1, 0.15) is 18.1 Å². The standard InChI is InChI=1S/C24H33N5O8/c25-19(30)10-8-16(22(34)28-17(24(36)37)9-11-20(31)32)27-23(35)18(13-14-5-2-1-3-6-14)29-21(33)15-7-4-12-26-15/h1-3,5-6,15-18,26H,4,7-13H2,(H2,25,30)(H,27,35)(H,28,34)(H,29,33)(H,31,32)(H,36,37). The second kappa shape index (κ2) is 14.5. The number of hydrogen-bond acceptors (Lipinski definition) is 7. The third-order valence-corrected chi connectivity index (χ3v) is 5.87. The molecule has 2 rings (SSSR count). The maximum absolute atomic E-state index is 13.3. The molecule has 0 aliphatic carbocycles. The minimum atomic E-state index is -1.52. The predicted octanol–water partition coefficient (Wildman–Crippen LogP) is -1.35. The van der Waals surface area contributed by atoms with Crippen LogP contribution in [0.15, 0.2) is 30.3 Å².